The van der Waals surface area contributed by atoms with Gasteiger partial charge >= 0.3 is 0 Å². The van der Waals surface area contributed by atoms with E-state index < -0.39 is 0 Å². The highest BCUT2D eigenvalue weighted by atomic mass is 32.1. The van der Waals surface area contributed by atoms with Gasteiger partial charge < -0.3 is 0 Å². The van der Waals surface area contributed by atoms with Crippen LogP contribution in [0.4, 0.5) is 0 Å². The number of Topliss-reactive ketones (excluding diaryl/α,β-unsaturated/α-hetero) is 1. The molecule has 2 aromatic rings. The van der Waals surface area contributed by atoms with Crippen LogP contribution in [0.1, 0.15) is 42.6 Å². The number of thiazole rings is 1. The molecule has 19 heavy (non-hydrogen) atoms. The third-order valence-electron chi connectivity index (χ3n) is 3.34. The lowest BCUT2D eigenvalue weighted by Crippen LogP contribution is -2.08. The Hall–Kier alpha value is -1.48. The molecule has 1 aromatic carbocycles. The second-order valence-corrected chi connectivity index (χ2v) is 6.41. The monoisotopic (exact) mass is 273 g/mol. The van der Waals surface area contributed by atoms with Crippen molar-refractivity contribution in [2.24, 2.45) is 0 Å². The number of ketones is 1. The molecule has 0 fully saturated rings. The largest absolute Gasteiger partial charge is 0.294 e. The standard InChI is InChI=1S/C16H19NOS/c1-9-6-10(2)16(11(3)7-9)14(18)8-15-17-12(4)13(5)19-15/h6-7H,8H2,1-5H3. The van der Waals surface area contributed by atoms with Crippen LogP contribution in [0.15, 0.2) is 12.1 Å². The lowest BCUT2D eigenvalue weighted by atomic mass is 9.95. The quantitative estimate of drug-likeness (QED) is 0.788. The van der Waals surface area contributed by atoms with Crippen LogP contribution in [0.5, 0.6) is 0 Å². The summed E-state index contributed by atoms with van der Waals surface area (Å²) in [5, 5.41) is 0.916. The van der Waals surface area contributed by atoms with Gasteiger partial charge in [0.1, 0.15) is 5.01 Å². The molecule has 0 bridgehead atoms. The number of hydrogen-bond donors (Lipinski definition) is 0. The highest BCUT2D eigenvalue weighted by Crippen LogP contribution is 2.22. The molecule has 1 heterocycles. The Kier molecular flexibility index (Phi) is 3.85. The van der Waals surface area contributed by atoms with Crippen molar-refractivity contribution in [1.82, 2.24) is 4.98 Å². The van der Waals surface area contributed by atoms with Gasteiger partial charge in [0.05, 0.1) is 12.1 Å². The zero-order valence-electron chi connectivity index (χ0n) is 12.1. The normalized spacial score (nSPS) is 10.8. The van der Waals surface area contributed by atoms with Crippen LogP contribution in [-0.4, -0.2) is 10.8 Å². The van der Waals surface area contributed by atoms with E-state index in [0.29, 0.717) is 6.42 Å². The first kappa shape index (κ1) is 13.9. The van der Waals surface area contributed by atoms with E-state index in [2.05, 4.69) is 24.0 Å². The summed E-state index contributed by atoms with van der Waals surface area (Å²) in [4.78, 5) is 18.1. The van der Waals surface area contributed by atoms with Crippen molar-refractivity contribution < 1.29 is 4.79 Å². The molecule has 2 rings (SSSR count). The first-order valence-electron chi connectivity index (χ1n) is 6.42. The van der Waals surface area contributed by atoms with E-state index >= 15 is 0 Å². The van der Waals surface area contributed by atoms with Gasteiger partial charge in [-0.05, 0) is 45.7 Å². The van der Waals surface area contributed by atoms with Crippen LogP contribution >= 0.6 is 11.3 Å². The van der Waals surface area contributed by atoms with Crippen molar-refractivity contribution in [3.8, 4) is 0 Å². The molecule has 0 unspecified atom stereocenters. The van der Waals surface area contributed by atoms with Gasteiger partial charge in [-0.15, -0.1) is 11.3 Å². The maximum absolute atomic E-state index is 12.5. The minimum Gasteiger partial charge on any atom is -0.294 e. The summed E-state index contributed by atoms with van der Waals surface area (Å²) in [5.74, 6) is 0.170. The molecular formula is C16H19NOS. The molecule has 0 aliphatic heterocycles. The second-order valence-electron chi connectivity index (χ2n) is 5.12. The molecule has 0 N–H and O–H groups in total. The van der Waals surface area contributed by atoms with E-state index in [9.17, 15) is 4.79 Å². The summed E-state index contributed by atoms with van der Waals surface area (Å²) in [5.41, 5.74) is 5.22. The number of benzene rings is 1. The Bertz CT molecular complexity index is 598. The number of carbonyl (C=O) groups excluding carboxylic acids is 1. The zero-order chi connectivity index (χ0) is 14.2. The lowest BCUT2D eigenvalue weighted by Gasteiger charge is -2.09. The van der Waals surface area contributed by atoms with Crippen LogP contribution in [-0.2, 0) is 6.42 Å². The summed E-state index contributed by atoms with van der Waals surface area (Å²) in [6.07, 6.45) is 0.407. The Labute approximate surface area is 118 Å². The predicted octanol–water partition coefficient (Wildman–Crippen LogP) is 4.11. The fourth-order valence-corrected chi connectivity index (χ4v) is 3.39. The Balaban J connectivity index is 2.30. The summed E-state index contributed by atoms with van der Waals surface area (Å²) in [7, 11) is 0. The Morgan fingerprint density at radius 1 is 1.11 bits per heavy atom. The average Bonchev–Trinajstić information content (AvgIpc) is 2.55. The summed E-state index contributed by atoms with van der Waals surface area (Å²) >= 11 is 1.62. The maximum atomic E-state index is 12.5. The van der Waals surface area contributed by atoms with Crippen molar-refractivity contribution in [3.63, 3.8) is 0 Å². The van der Waals surface area contributed by atoms with Gasteiger partial charge in [0, 0.05) is 10.4 Å². The first-order chi connectivity index (χ1) is 8.88. The van der Waals surface area contributed by atoms with Crippen LogP contribution in [0, 0.1) is 34.6 Å². The SMILES string of the molecule is Cc1cc(C)c(C(=O)Cc2nc(C)c(C)s2)c(C)c1. The van der Waals surface area contributed by atoms with E-state index in [0.717, 1.165) is 27.4 Å². The van der Waals surface area contributed by atoms with Gasteiger partial charge in [-0.3, -0.25) is 4.79 Å². The molecule has 0 radical (unpaired) electrons. The van der Waals surface area contributed by atoms with Crippen LogP contribution in [0.25, 0.3) is 0 Å². The summed E-state index contributed by atoms with van der Waals surface area (Å²) < 4.78 is 0. The molecule has 1 aromatic heterocycles. The fraction of sp³-hybridized carbons (Fsp3) is 0.375. The predicted molar refractivity (Wildman–Crippen MR) is 80.3 cm³/mol. The Morgan fingerprint density at radius 2 is 1.68 bits per heavy atom. The molecule has 2 nitrogen and oxygen atoms in total. The smallest absolute Gasteiger partial charge is 0.170 e. The molecule has 0 aliphatic rings. The molecule has 0 atom stereocenters. The van der Waals surface area contributed by atoms with Gasteiger partial charge in [0.15, 0.2) is 5.78 Å². The second kappa shape index (κ2) is 5.25. The number of aryl methyl sites for hydroxylation is 5. The summed E-state index contributed by atoms with van der Waals surface area (Å²) in [6.45, 7) is 10.1. The first-order valence-corrected chi connectivity index (χ1v) is 7.24. The highest BCUT2D eigenvalue weighted by Gasteiger charge is 2.15. The molecule has 0 spiro atoms. The van der Waals surface area contributed by atoms with E-state index in [-0.39, 0.29) is 5.78 Å². The maximum Gasteiger partial charge on any atom is 0.170 e. The number of hydrogen-bond acceptors (Lipinski definition) is 3. The van der Waals surface area contributed by atoms with Gasteiger partial charge in [-0.1, -0.05) is 17.7 Å². The number of carbonyl (C=O) groups is 1. The van der Waals surface area contributed by atoms with Gasteiger partial charge in [-0.2, -0.15) is 0 Å². The van der Waals surface area contributed by atoms with Crippen LogP contribution in [0.2, 0.25) is 0 Å². The molecule has 0 amide bonds. The fourth-order valence-electron chi connectivity index (χ4n) is 2.46. The summed E-state index contributed by atoms with van der Waals surface area (Å²) in [6, 6.07) is 4.14. The van der Waals surface area contributed by atoms with Crippen molar-refractivity contribution in [3.05, 3.63) is 50.0 Å². The number of aromatic nitrogens is 1. The van der Waals surface area contributed by atoms with E-state index in [1.807, 2.05) is 27.7 Å². The van der Waals surface area contributed by atoms with Crippen molar-refractivity contribution >= 4 is 17.1 Å². The molecule has 0 aliphatic carbocycles. The topological polar surface area (TPSA) is 30.0 Å². The molecule has 100 valence electrons. The number of rotatable bonds is 3. The minimum atomic E-state index is 0.170. The minimum absolute atomic E-state index is 0.170. The zero-order valence-corrected chi connectivity index (χ0v) is 12.9. The van der Waals surface area contributed by atoms with Crippen LogP contribution in [0.3, 0.4) is 0 Å². The van der Waals surface area contributed by atoms with Crippen molar-refractivity contribution in [1.29, 1.82) is 0 Å². The number of nitrogens with zero attached hydrogens (tertiary/aromatic N) is 1. The average molecular weight is 273 g/mol. The van der Waals surface area contributed by atoms with Crippen molar-refractivity contribution in [2.45, 2.75) is 41.0 Å². The third kappa shape index (κ3) is 2.92. The van der Waals surface area contributed by atoms with Gasteiger partial charge in [0.25, 0.3) is 0 Å². The molecule has 0 saturated carbocycles. The third-order valence-corrected chi connectivity index (χ3v) is 4.41. The Morgan fingerprint density at radius 3 is 2.16 bits per heavy atom. The highest BCUT2D eigenvalue weighted by molar-refractivity contribution is 7.11. The van der Waals surface area contributed by atoms with E-state index in [1.165, 1.54) is 10.4 Å². The lowest BCUT2D eigenvalue weighted by molar-refractivity contribution is 0.0992. The van der Waals surface area contributed by atoms with Gasteiger partial charge in [0.2, 0.25) is 0 Å². The van der Waals surface area contributed by atoms with Crippen LogP contribution < -0.4 is 0 Å². The molecule has 3 heteroatoms. The molecular weight excluding hydrogens is 254 g/mol. The van der Waals surface area contributed by atoms with E-state index in [1.54, 1.807) is 11.3 Å². The molecule has 0 saturated heterocycles. The van der Waals surface area contributed by atoms with E-state index in [4.69, 9.17) is 0 Å². The van der Waals surface area contributed by atoms with Gasteiger partial charge in [-0.25, -0.2) is 4.98 Å². The van der Waals surface area contributed by atoms with Crippen molar-refractivity contribution in [2.75, 3.05) is 0 Å².